The number of hydrogen-bond donors (Lipinski definition) is 2. The lowest BCUT2D eigenvalue weighted by molar-refractivity contribution is -0.137. The number of aliphatic hydroxyl groups excluding tert-OH is 1. The summed E-state index contributed by atoms with van der Waals surface area (Å²) in [4.78, 5) is 11.7. The van der Waals surface area contributed by atoms with Gasteiger partial charge >= 0.3 is 6.18 Å². The van der Waals surface area contributed by atoms with Crippen LogP contribution in [0.15, 0.2) is 54.6 Å². The van der Waals surface area contributed by atoms with Crippen LogP contribution in [0.4, 0.5) is 13.2 Å². The van der Waals surface area contributed by atoms with Crippen molar-refractivity contribution in [3.8, 4) is 5.75 Å². The Balaban J connectivity index is 1.62. The van der Waals surface area contributed by atoms with Crippen molar-refractivity contribution in [2.75, 3.05) is 24.7 Å². The van der Waals surface area contributed by atoms with Gasteiger partial charge in [0.2, 0.25) is 5.91 Å². The van der Waals surface area contributed by atoms with Gasteiger partial charge in [0.25, 0.3) is 0 Å². The number of hydrogen-bond acceptors (Lipinski definition) is 4. The number of ether oxygens (including phenoxy) is 1. The second kappa shape index (κ2) is 10.2. The van der Waals surface area contributed by atoms with Crippen molar-refractivity contribution in [3.63, 3.8) is 0 Å². The number of benzene rings is 2. The fourth-order valence-electron chi connectivity index (χ4n) is 2.21. The van der Waals surface area contributed by atoms with E-state index in [1.165, 1.54) is 23.9 Å². The van der Waals surface area contributed by atoms with Crippen LogP contribution in [0, 0.1) is 0 Å². The molecule has 0 saturated carbocycles. The molecule has 0 fully saturated rings. The third-order valence-electron chi connectivity index (χ3n) is 3.55. The average molecular weight is 399 g/mol. The SMILES string of the molecule is O=C(CSCC(O)c1ccccc1)NCCOc1cccc(C(F)(F)F)c1. The number of alkyl halides is 3. The first-order valence-corrected chi connectivity index (χ1v) is 9.39. The molecule has 1 amide bonds. The van der Waals surface area contributed by atoms with Crippen molar-refractivity contribution < 1.29 is 27.8 Å². The predicted molar refractivity (Wildman–Crippen MR) is 98.7 cm³/mol. The molecule has 2 aromatic rings. The Bertz CT molecular complexity index is 726. The lowest BCUT2D eigenvalue weighted by Gasteiger charge is -2.11. The molecule has 0 aliphatic heterocycles. The lowest BCUT2D eigenvalue weighted by atomic mass is 10.1. The Labute approximate surface area is 159 Å². The van der Waals surface area contributed by atoms with Gasteiger partial charge in [-0.2, -0.15) is 13.2 Å². The average Bonchev–Trinajstić information content (AvgIpc) is 2.65. The van der Waals surface area contributed by atoms with E-state index in [2.05, 4.69) is 5.32 Å². The van der Waals surface area contributed by atoms with Crippen molar-refractivity contribution in [2.45, 2.75) is 12.3 Å². The molecule has 0 saturated heterocycles. The Hall–Kier alpha value is -2.19. The van der Waals surface area contributed by atoms with Crippen LogP contribution >= 0.6 is 11.8 Å². The van der Waals surface area contributed by atoms with Gasteiger partial charge in [-0.25, -0.2) is 0 Å². The van der Waals surface area contributed by atoms with E-state index in [0.717, 1.165) is 17.7 Å². The Morgan fingerprint density at radius 3 is 2.59 bits per heavy atom. The van der Waals surface area contributed by atoms with Crippen molar-refractivity contribution in [1.82, 2.24) is 5.32 Å². The minimum atomic E-state index is -4.42. The van der Waals surface area contributed by atoms with E-state index in [9.17, 15) is 23.1 Å². The van der Waals surface area contributed by atoms with Crippen LogP contribution in [-0.2, 0) is 11.0 Å². The summed E-state index contributed by atoms with van der Waals surface area (Å²) < 4.78 is 43.1. The van der Waals surface area contributed by atoms with E-state index >= 15 is 0 Å². The van der Waals surface area contributed by atoms with Crippen LogP contribution in [0.5, 0.6) is 5.75 Å². The highest BCUT2D eigenvalue weighted by Gasteiger charge is 2.30. The van der Waals surface area contributed by atoms with E-state index in [4.69, 9.17) is 4.74 Å². The maximum atomic E-state index is 12.6. The number of nitrogens with one attached hydrogen (secondary N) is 1. The van der Waals surface area contributed by atoms with E-state index < -0.39 is 17.8 Å². The van der Waals surface area contributed by atoms with Gasteiger partial charge in [-0.1, -0.05) is 36.4 Å². The smallest absolute Gasteiger partial charge is 0.416 e. The zero-order chi connectivity index (χ0) is 19.7. The van der Waals surface area contributed by atoms with Crippen LogP contribution in [-0.4, -0.2) is 35.7 Å². The minimum absolute atomic E-state index is 0.0599. The van der Waals surface area contributed by atoms with Crippen LogP contribution < -0.4 is 10.1 Å². The van der Waals surface area contributed by atoms with Crippen molar-refractivity contribution in [2.24, 2.45) is 0 Å². The molecule has 8 heteroatoms. The van der Waals surface area contributed by atoms with Gasteiger partial charge in [0.05, 0.1) is 24.0 Å². The number of carbonyl (C=O) groups is 1. The second-order valence-corrected chi connectivity index (χ2v) is 6.70. The molecule has 0 heterocycles. The Kier molecular flexibility index (Phi) is 7.99. The molecule has 0 aliphatic carbocycles. The maximum absolute atomic E-state index is 12.6. The molecule has 2 N–H and O–H groups in total. The van der Waals surface area contributed by atoms with Gasteiger partial charge in [-0.05, 0) is 23.8 Å². The number of halogens is 3. The summed E-state index contributed by atoms with van der Waals surface area (Å²) in [5.74, 6) is 0.429. The molecular formula is C19H20F3NO3S. The monoisotopic (exact) mass is 399 g/mol. The lowest BCUT2D eigenvalue weighted by Crippen LogP contribution is -2.29. The third-order valence-corrected chi connectivity index (χ3v) is 4.57. The van der Waals surface area contributed by atoms with E-state index in [0.29, 0.717) is 5.75 Å². The molecule has 0 aliphatic rings. The first-order valence-electron chi connectivity index (χ1n) is 8.24. The fourth-order valence-corrected chi connectivity index (χ4v) is 3.03. The summed E-state index contributed by atoms with van der Waals surface area (Å²) in [6, 6.07) is 13.7. The van der Waals surface area contributed by atoms with Gasteiger partial charge < -0.3 is 15.2 Å². The molecule has 4 nitrogen and oxygen atoms in total. The summed E-state index contributed by atoms with van der Waals surface area (Å²) in [5.41, 5.74) is 0.0114. The summed E-state index contributed by atoms with van der Waals surface area (Å²) in [5, 5.41) is 12.6. The van der Waals surface area contributed by atoms with Crippen LogP contribution in [0.3, 0.4) is 0 Å². The molecular weight excluding hydrogens is 379 g/mol. The Morgan fingerprint density at radius 2 is 1.89 bits per heavy atom. The molecule has 27 heavy (non-hydrogen) atoms. The number of rotatable bonds is 9. The molecule has 2 aromatic carbocycles. The number of amides is 1. The molecule has 146 valence electrons. The summed E-state index contributed by atoms with van der Waals surface area (Å²) in [6.45, 7) is 0.237. The van der Waals surface area contributed by atoms with Crippen LogP contribution in [0.1, 0.15) is 17.2 Å². The van der Waals surface area contributed by atoms with Crippen molar-refractivity contribution in [3.05, 3.63) is 65.7 Å². The molecule has 0 spiro atoms. The molecule has 2 rings (SSSR count). The first kappa shape index (κ1) is 21.1. The summed E-state index contributed by atoms with van der Waals surface area (Å²) in [7, 11) is 0. The van der Waals surface area contributed by atoms with E-state index in [1.54, 1.807) is 0 Å². The highest BCUT2D eigenvalue weighted by molar-refractivity contribution is 7.99. The van der Waals surface area contributed by atoms with Gasteiger partial charge in [-0.3, -0.25) is 4.79 Å². The molecule has 0 radical (unpaired) electrons. The quantitative estimate of drug-likeness (QED) is 0.632. The standard InChI is InChI=1S/C19H20F3NO3S/c20-19(21,22)15-7-4-8-16(11-15)26-10-9-23-18(25)13-27-12-17(24)14-5-2-1-3-6-14/h1-8,11,17,24H,9-10,12-13H2,(H,23,25). The van der Waals surface area contributed by atoms with E-state index in [-0.39, 0.29) is 30.6 Å². The molecule has 0 aromatic heterocycles. The molecule has 1 unspecified atom stereocenters. The number of aliphatic hydroxyl groups is 1. The normalized spacial score (nSPS) is 12.4. The highest BCUT2D eigenvalue weighted by atomic mass is 32.2. The van der Waals surface area contributed by atoms with Gasteiger partial charge in [0.15, 0.2) is 0 Å². The number of carbonyl (C=O) groups excluding carboxylic acids is 1. The summed E-state index contributed by atoms with van der Waals surface area (Å²) in [6.07, 6.45) is -5.07. The summed E-state index contributed by atoms with van der Waals surface area (Å²) >= 11 is 1.30. The second-order valence-electron chi connectivity index (χ2n) is 5.67. The first-order chi connectivity index (χ1) is 12.9. The van der Waals surface area contributed by atoms with Gasteiger partial charge in [0.1, 0.15) is 12.4 Å². The van der Waals surface area contributed by atoms with Crippen LogP contribution in [0.2, 0.25) is 0 Å². The highest BCUT2D eigenvalue weighted by Crippen LogP contribution is 2.31. The topological polar surface area (TPSA) is 58.6 Å². The maximum Gasteiger partial charge on any atom is 0.416 e. The fraction of sp³-hybridized carbons (Fsp3) is 0.316. The molecule has 0 bridgehead atoms. The predicted octanol–water partition coefficient (Wildman–Crippen LogP) is 3.67. The van der Waals surface area contributed by atoms with Gasteiger partial charge in [-0.15, -0.1) is 11.8 Å². The van der Waals surface area contributed by atoms with E-state index in [1.807, 2.05) is 30.3 Å². The Morgan fingerprint density at radius 1 is 1.15 bits per heavy atom. The van der Waals surface area contributed by atoms with Crippen LogP contribution in [0.25, 0.3) is 0 Å². The number of thioether (sulfide) groups is 1. The zero-order valence-electron chi connectivity index (χ0n) is 14.4. The van der Waals surface area contributed by atoms with Gasteiger partial charge in [0, 0.05) is 5.75 Å². The zero-order valence-corrected chi connectivity index (χ0v) is 15.2. The van der Waals surface area contributed by atoms with Crippen molar-refractivity contribution >= 4 is 17.7 Å². The third kappa shape index (κ3) is 7.52. The van der Waals surface area contributed by atoms with Crippen molar-refractivity contribution in [1.29, 1.82) is 0 Å². The minimum Gasteiger partial charge on any atom is -0.492 e. The molecule has 1 atom stereocenters. The largest absolute Gasteiger partial charge is 0.492 e.